The lowest BCUT2D eigenvalue weighted by Crippen LogP contribution is -2.38. The molecule has 29 heavy (non-hydrogen) atoms. The lowest BCUT2D eigenvalue weighted by molar-refractivity contribution is 0.0251. The van der Waals surface area contributed by atoms with Gasteiger partial charge in [0, 0.05) is 13.1 Å². The zero-order chi connectivity index (χ0) is 20.2. The van der Waals surface area contributed by atoms with Crippen LogP contribution in [0.5, 0.6) is 0 Å². The van der Waals surface area contributed by atoms with E-state index in [1.54, 1.807) is 18.3 Å². The third-order valence-electron chi connectivity index (χ3n) is 5.08. The van der Waals surface area contributed by atoms with Gasteiger partial charge in [0.2, 0.25) is 0 Å². The minimum Gasteiger partial charge on any atom is -0.373 e. The molecule has 4 rings (SSSR count). The summed E-state index contributed by atoms with van der Waals surface area (Å²) in [7, 11) is 0. The number of benzene rings is 2. The Kier molecular flexibility index (Phi) is 5.92. The second-order valence-corrected chi connectivity index (χ2v) is 7.40. The van der Waals surface area contributed by atoms with Gasteiger partial charge in [-0.2, -0.15) is 9.78 Å². The molecule has 0 atom stereocenters. The van der Waals surface area contributed by atoms with Crippen molar-refractivity contribution in [1.29, 1.82) is 0 Å². The molecule has 7 heteroatoms. The van der Waals surface area contributed by atoms with Gasteiger partial charge >= 0.3 is 0 Å². The molecule has 0 N–H and O–H groups in total. The molecule has 3 aromatic rings. The van der Waals surface area contributed by atoms with E-state index >= 15 is 0 Å². The summed E-state index contributed by atoms with van der Waals surface area (Å²) in [6, 6.07) is 15.6. The highest BCUT2D eigenvalue weighted by atomic mass is 35.5. The van der Waals surface area contributed by atoms with Crippen molar-refractivity contribution in [2.24, 2.45) is 0 Å². The first kappa shape index (κ1) is 19.6. The molecule has 0 radical (unpaired) electrons. The summed E-state index contributed by atoms with van der Waals surface area (Å²) in [5.41, 5.74) is 1.95. The summed E-state index contributed by atoms with van der Waals surface area (Å²) >= 11 is 6.40. The number of anilines is 1. The van der Waals surface area contributed by atoms with E-state index in [4.69, 9.17) is 16.3 Å². The van der Waals surface area contributed by atoms with Crippen LogP contribution in [-0.4, -0.2) is 29.0 Å². The molecule has 150 valence electrons. The predicted octanol–water partition coefficient (Wildman–Crippen LogP) is 4.21. The molecule has 1 aliphatic heterocycles. The van der Waals surface area contributed by atoms with E-state index in [1.807, 2.05) is 30.3 Å². The number of halogens is 2. The van der Waals surface area contributed by atoms with Gasteiger partial charge in [0.05, 0.1) is 30.3 Å². The van der Waals surface area contributed by atoms with Crippen LogP contribution in [0.25, 0.3) is 5.69 Å². The van der Waals surface area contributed by atoms with Gasteiger partial charge in [0.1, 0.15) is 10.8 Å². The van der Waals surface area contributed by atoms with Gasteiger partial charge < -0.3 is 9.64 Å². The normalized spacial score (nSPS) is 14.9. The van der Waals surface area contributed by atoms with Crippen molar-refractivity contribution in [1.82, 2.24) is 9.78 Å². The number of para-hydroxylation sites is 1. The summed E-state index contributed by atoms with van der Waals surface area (Å²) in [4.78, 5) is 14.7. The summed E-state index contributed by atoms with van der Waals surface area (Å²) in [6.07, 6.45) is 3.40. The Morgan fingerprint density at radius 1 is 1.07 bits per heavy atom. The maximum atomic E-state index is 13.0. The first-order valence-corrected chi connectivity index (χ1v) is 9.94. The van der Waals surface area contributed by atoms with Crippen molar-refractivity contribution < 1.29 is 9.13 Å². The highest BCUT2D eigenvalue weighted by Crippen LogP contribution is 2.26. The number of rotatable bonds is 5. The number of piperidine rings is 1. The third-order valence-corrected chi connectivity index (χ3v) is 5.44. The minimum atomic E-state index is -0.329. The molecule has 0 amide bonds. The maximum absolute atomic E-state index is 13.0. The number of hydrogen-bond acceptors (Lipinski definition) is 4. The van der Waals surface area contributed by atoms with Crippen LogP contribution in [0.1, 0.15) is 18.4 Å². The Morgan fingerprint density at radius 3 is 2.45 bits per heavy atom. The number of aromatic nitrogens is 2. The second kappa shape index (κ2) is 8.76. The Bertz CT molecular complexity index is 1020. The molecular weight excluding hydrogens is 393 g/mol. The van der Waals surface area contributed by atoms with E-state index < -0.39 is 0 Å². The molecule has 1 aliphatic rings. The molecule has 2 aromatic carbocycles. The summed E-state index contributed by atoms with van der Waals surface area (Å²) in [5, 5.41) is 4.48. The topological polar surface area (TPSA) is 47.4 Å². The number of ether oxygens (including phenoxy) is 1. The van der Waals surface area contributed by atoms with Gasteiger partial charge in [0.25, 0.3) is 5.56 Å². The van der Waals surface area contributed by atoms with Crippen LogP contribution in [0, 0.1) is 5.82 Å². The van der Waals surface area contributed by atoms with E-state index in [0.29, 0.717) is 18.0 Å². The molecule has 0 spiro atoms. The molecule has 0 aliphatic carbocycles. The molecule has 0 saturated carbocycles. The number of nitrogens with zero attached hydrogens (tertiary/aromatic N) is 3. The van der Waals surface area contributed by atoms with Crippen LogP contribution < -0.4 is 10.5 Å². The smallest absolute Gasteiger partial charge is 0.292 e. The van der Waals surface area contributed by atoms with Gasteiger partial charge in [-0.05, 0) is 42.7 Å². The fraction of sp³-hybridized carbons (Fsp3) is 0.273. The van der Waals surface area contributed by atoms with Gasteiger partial charge in [-0.15, -0.1) is 0 Å². The molecule has 5 nitrogen and oxygen atoms in total. The molecule has 2 heterocycles. The van der Waals surface area contributed by atoms with E-state index in [-0.39, 0.29) is 22.5 Å². The predicted molar refractivity (Wildman–Crippen MR) is 111 cm³/mol. The Morgan fingerprint density at radius 2 is 1.76 bits per heavy atom. The Labute approximate surface area is 173 Å². The van der Waals surface area contributed by atoms with Crippen LogP contribution in [0.15, 0.2) is 65.6 Å². The minimum absolute atomic E-state index is 0.118. The maximum Gasteiger partial charge on any atom is 0.292 e. The Hall–Kier alpha value is -2.70. The zero-order valence-electron chi connectivity index (χ0n) is 15.8. The van der Waals surface area contributed by atoms with Crippen LogP contribution in [-0.2, 0) is 11.3 Å². The van der Waals surface area contributed by atoms with Crippen molar-refractivity contribution in [3.63, 3.8) is 0 Å². The quantitative estimate of drug-likeness (QED) is 0.628. The molecule has 0 unspecified atom stereocenters. The lowest BCUT2D eigenvalue weighted by Gasteiger charge is -2.33. The van der Waals surface area contributed by atoms with Crippen LogP contribution in [0.3, 0.4) is 0 Å². The van der Waals surface area contributed by atoms with Gasteiger partial charge in [-0.3, -0.25) is 4.79 Å². The van der Waals surface area contributed by atoms with E-state index in [2.05, 4.69) is 10.00 Å². The molecular formula is C22H21ClFN3O2. The lowest BCUT2D eigenvalue weighted by atomic mass is 10.1. The largest absolute Gasteiger partial charge is 0.373 e. The average molecular weight is 414 g/mol. The standard InChI is InChI=1S/C22H21ClFN3O2/c23-21-20(14-25-27(22(21)28)18-4-2-1-3-5-18)26-12-10-19(11-13-26)29-15-16-6-8-17(24)9-7-16/h1-9,14,19H,10-13,15H2. The van der Waals surface area contributed by atoms with Crippen molar-refractivity contribution in [3.05, 3.63) is 87.6 Å². The van der Waals surface area contributed by atoms with Crippen LogP contribution in [0.2, 0.25) is 5.02 Å². The van der Waals surface area contributed by atoms with Crippen LogP contribution >= 0.6 is 11.6 Å². The SMILES string of the molecule is O=c1c(Cl)c(N2CCC(OCc3ccc(F)cc3)CC2)cnn1-c1ccccc1. The fourth-order valence-corrected chi connectivity index (χ4v) is 3.70. The summed E-state index contributed by atoms with van der Waals surface area (Å²) < 4.78 is 20.3. The van der Waals surface area contributed by atoms with Crippen molar-refractivity contribution in [2.75, 3.05) is 18.0 Å². The second-order valence-electron chi connectivity index (χ2n) is 7.02. The molecule has 1 fully saturated rings. The fourth-order valence-electron chi connectivity index (χ4n) is 3.46. The third kappa shape index (κ3) is 4.49. The monoisotopic (exact) mass is 413 g/mol. The number of hydrogen-bond donors (Lipinski definition) is 0. The molecule has 1 saturated heterocycles. The first-order valence-electron chi connectivity index (χ1n) is 9.56. The van der Waals surface area contributed by atoms with Gasteiger partial charge in [-0.25, -0.2) is 4.39 Å². The van der Waals surface area contributed by atoms with Gasteiger partial charge in [0.15, 0.2) is 0 Å². The van der Waals surface area contributed by atoms with E-state index in [1.165, 1.54) is 16.8 Å². The van der Waals surface area contributed by atoms with Crippen molar-refractivity contribution >= 4 is 17.3 Å². The van der Waals surface area contributed by atoms with Crippen LogP contribution in [0.4, 0.5) is 10.1 Å². The summed E-state index contributed by atoms with van der Waals surface area (Å²) in [6.45, 7) is 1.91. The zero-order valence-corrected chi connectivity index (χ0v) is 16.6. The highest BCUT2D eigenvalue weighted by Gasteiger charge is 2.23. The highest BCUT2D eigenvalue weighted by molar-refractivity contribution is 6.33. The summed E-state index contributed by atoms with van der Waals surface area (Å²) in [5.74, 6) is -0.248. The Balaban J connectivity index is 1.39. The molecule has 1 aromatic heterocycles. The van der Waals surface area contributed by atoms with Gasteiger partial charge in [-0.1, -0.05) is 41.9 Å². The van der Waals surface area contributed by atoms with E-state index in [0.717, 1.165) is 31.5 Å². The van der Waals surface area contributed by atoms with Crippen molar-refractivity contribution in [3.8, 4) is 5.69 Å². The van der Waals surface area contributed by atoms with Crippen molar-refractivity contribution in [2.45, 2.75) is 25.6 Å². The van der Waals surface area contributed by atoms with E-state index in [9.17, 15) is 9.18 Å². The molecule has 0 bridgehead atoms. The first-order chi connectivity index (χ1) is 14.1. The average Bonchev–Trinajstić information content (AvgIpc) is 2.76.